The van der Waals surface area contributed by atoms with Gasteiger partial charge < -0.3 is 48.9 Å². The SMILES string of the molecule is CC(=O)OCOC(=O)NCCN(CCN(CCNC(=O)OCOC(C)=O)C(=O)OCc1ccccc1)C(=O)OCc1ccccc1. The summed E-state index contributed by atoms with van der Waals surface area (Å²) >= 11 is 0. The Kier molecular flexibility index (Phi) is 16.9. The maximum atomic E-state index is 13.0. The summed E-state index contributed by atoms with van der Waals surface area (Å²) in [6.07, 6.45) is -3.19. The second-order valence-electron chi connectivity index (χ2n) is 9.28. The van der Waals surface area contributed by atoms with Crippen molar-refractivity contribution in [3.63, 3.8) is 0 Å². The molecule has 0 aliphatic carbocycles. The highest BCUT2D eigenvalue weighted by Crippen LogP contribution is 2.06. The summed E-state index contributed by atoms with van der Waals surface area (Å²) in [5.41, 5.74) is 1.50. The van der Waals surface area contributed by atoms with Crippen molar-refractivity contribution in [1.82, 2.24) is 20.4 Å². The Hall–Kier alpha value is -5.54. The summed E-state index contributed by atoms with van der Waals surface area (Å²) in [5, 5.41) is 4.87. The number of carbonyl (C=O) groups is 6. The molecule has 16 nitrogen and oxygen atoms in total. The first-order valence-electron chi connectivity index (χ1n) is 14.1. The van der Waals surface area contributed by atoms with E-state index in [1.807, 2.05) is 12.1 Å². The van der Waals surface area contributed by atoms with Gasteiger partial charge in [0, 0.05) is 53.1 Å². The van der Waals surface area contributed by atoms with E-state index >= 15 is 0 Å². The van der Waals surface area contributed by atoms with Crippen LogP contribution in [-0.2, 0) is 51.2 Å². The average Bonchev–Trinajstić information content (AvgIpc) is 3.03. The van der Waals surface area contributed by atoms with E-state index in [1.54, 1.807) is 48.5 Å². The minimum Gasteiger partial charge on any atom is -0.445 e. The summed E-state index contributed by atoms with van der Waals surface area (Å²) in [7, 11) is 0. The molecule has 4 amide bonds. The topological polar surface area (TPSA) is 188 Å². The molecule has 46 heavy (non-hydrogen) atoms. The number of hydrogen-bond acceptors (Lipinski definition) is 12. The number of ether oxygens (including phenoxy) is 6. The first-order valence-corrected chi connectivity index (χ1v) is 14.1. The van der Waals surface area contributed by atoms with Crippen molar-refractivity contribution < 1.29 is 57.2 Å². The first-order chi connectivity index (χ1) is 22.1. The van der Waals surface area contributed by atoms with Crippen LogP contribution in [0.4, 0.5) is 19.2 Å². The molecule has 0 aliphatic rings. The zero-order valence-corrected chi connectivity index (χ0v) is 25.6. The molecule has 0 radical (unpaired) electrons. The van der Waals surface area contributed by atoms with Crippen LogP contribution < -0.4 is 10.6 Å². The lowest BCUT2D eigenvalue weighted by molar-refractivity contribution is -0.150. The van der Waals surface area contributed by atoms with Crippen LogP contribution in [0.15, 0.2) is 60.7 Å². The highest BCUT2D eigenvalue weighted by atomic mass is 16.7. The van der Waals surface area contributed by atoms with Gasteiger partial charge in [0.05, 0.1) is 0 Å². The zero-order valence-electron chi connectivity index (χ0n) is 25.6. The van der Waals surface area contributed by atoms with E-state index in [0.717, 1.165) is 25.0 Å². The third kappa shape index (κ3) is 16.3. The van der Waals surface area contributed by atoms with Crippen LogP contribution in [0.2, 0.25) is 0 Å². The molecular weight excluding hydrogens is 608 g/mol. The summed E-state index contributed by atoms with van der Waals surface area (Å²) < 4.78 is 29.5. The first kappa shape index (κ1) is 36.7. The molecule has 2 rings (SSSR count). The van der Waals surface area contributed by atoms with Gasteiger partial charge in [-0.15, -0.1) is 0 Å². The lowest BCUT2D eigenvalue weighted by atomic mass is 10.2. The molecule has 0 atom stereocenters. The lowest BCUT2D eigenvalue weighted by Gasteiger charge is -2.27. The number of carbonyl (C=O) groups excluding carboxylic acids is 6. The van der Waals surface area contributed by atoms with E-state index in [0.29, 0.717) is 0 Å². The van der Waals surface area contributed by atoms with E-state index in [9.17, 15) is 28.8 Å². The summed E-state index contributed by atoms with van der Waals surface area (Å²) in [5.74, 6) is -1.25. The van der Waals surface area contributed by atoms with E-state index in [1.165, 1.54) is 9.80 Å². The Morgan fingerprint density at radius 3 is 1.24 bits per heavy atom. The number of amides is 4. The van der Waals surface area contributed by atoms with Crippen molar-refractivity contribution in [3.8, 4) is 0 Å². The standard InChI is InChI=1S/C30H38N4O12/c1-23(35)43-21-45-27(37)31-13-15-33(29(39)41-19-25-9-5-3-6-10-25)17-18-34(16-14-32-28(38)46-22-44-24(2)36)30(40)42-20-26-11-7-4-8-12-26/h3-12H,13-22H2,1-2H3,(H,31,37)(H,32,38). The molecule has 2 N–H and O–H groups in total. The Balaban J connectivity index is 2.03. The van der Waals surface area contributed by atoms with Crippen molar-refractivity contribution in [2.75, 3.05) is 52.9 Å². The molecular formula is C30H38N4O12. The van der Waals surface area contributed by atoms with Crippen LogP contribution >= 0.6 is 0 Å². The predicted molar refractivity (Wildman–Crippen MR) is 159 cm³/mol. The maximum absolute atomic E-state index is 13.0. The van der Waals surface area contributed by atoms with Crippen molar-refractivity contribution in [2.24, 2.45) is 0 Å². The lowest BCUT2D eigenvalue weighted by Crippen LogP contribution is -2.46. The number of rotatable bonds is 17. The molecule has 0 fully saturated rings. The van der Waals surface area contributed by atoms with Gasteiger partial charge in [-0.05, 0) is 11.1 Å². The van der Waals surface area contributed by atoms with Gasteiger partial charge in [0.2, 0.25) is 13.6 Å². The largest absolute Gasteiger partial charge is 0.445 e. The highest BCUT2D eigenvalue weighted by molar-refractivity contribution is 5.71. The second kappa shape index (κ2) is 21.2. The molecule has 0 saturated carbocycles. The molecule has 0 spiro atoms. The minimum absolute atomic E-state index is 0.0176. The smallest absolute Gasteiger partial charge is 0.410 e. The van der Waals surface area contributed by atoms with E-state index in [-0.39, 0.29) is 52.5 Å². The average molecular weight is 647 g/mol. The van der Waals surface area contributed by atoms with E-state index in [2.05, 4.69) is 20.1 Å². The van der Waals surface area contributed by atoms with Crippen LogP contribution in [-0.4, -0.2) is 99.0 Å². The fourth-order valence-corrected chi connectivity index (χ4v) is 3.47. The van der Waals surface area contributed by atoms with Crippen molar-refractivity contribution in [3.05, 3.63) is 71.8 Å². The summed E-state index contributed by atoms with van der Waals surface area (Å²) in [6, 6.07) is 18.0. The zero-order chi connectivity index (χ0) is 33.6. The van der Waals surface area contributed by atoms with Gasteiger partial charge in [-0.25, -0.2) is 19.2 Å². The van der Waals surface area contributed by atoms with Crippen LogP contribution in [0.5, 0.6) is 0 Å². The fraction of sp³-hybridized carbons (Fsp3) is 0.400. The normalized spacial score (nSPS) is 10.0. The van der Waals surface area contributed by atoms with Crippen molar-refractivity contribution in [1.29, 1.82) is 0 Å². The van der Waals surface area contributed by atoms with Gasteiger partial charge in [0.1, 0.15) is 13.2 Å². The van der Waals surface area contributed by atoms with Gasteiger partial charge in [0.15, 0.2) is 0 Å². The molecule has 16 heteroatoms. The van der Waals surface area contributed by atoms with Crippen LogP contribution in [0.1, 0.15) is 25.0 Å². The van der Waals surface area contributed by atoms with Gasteiger partial charge in [0.25, 0.3) is 0 Å². The molecule has 0 bridgehead atoms. The number of benzene rings is 2. The molecule has 0 aromatic heterocycles. The Labute approximate surface area is 265 Å². The molecule has 2 aromatic rings. The molecule has 0 saturated heterocycles. The minimum atomic E-state index is -0.878. The predicted octanol–water partition coefficient (Wildman–Crippen LogP) is 2.76. The Bertz CT molecular complexity index is 1170. The Morgan fingerprint density at radius 2 is 0.891 bits per heavy atom. The molecule has 0 unspecified atom stereocenters. The van der Waals surface area contributed by atoms with Crippen LogP contribution in [0.25, 0.3) is 0 Å². The molecule has 0 aliphatic heterocycles. The van der Waals surface area contributed by atoms with Crippen LogP contribution in [0, 0.1) is 0 Å². The monoisotopic (exact) mass is 646 g/mol. The molecule has 0 heterocycles. The number of alkyl carbamates (subject to hydrolysis) is 2. The second-order valence-corrected chi connectivity index (χ2v) is 9.28. The van der Waals surface area contributed by atoms with Gasteiger partial charge in [-0.2, -0.15) is 0 Å². The van der Waals surface area contributed by atoms with Crippen molar-refractivity contribution in [2.45, 2.75) is 27.1 Å². The van der Waals surface area contributed by atoms with Gasteiger partial charge in [-0.3, -0.25) is 9.59 Å². The van der Waals surface area contributed by atoms with Crippen molar-refractivity contribution >= 4 is 36.3 Å². The number of nitrogens with zero attached hydrogens (tertiary/aromatic N) is 2. The van der Waals surface area contributed by atoms with E-state index in [4.69, 9.17) is 18.9 Å². The van der Waals surface area contributed by atoms with Gasteiger partial charge in [-0.1, -0.05) is 60.7 Å². The van der Waals surface area contributed by atoms with E-state index < -0.39 is 49.9 Å². The summed E-state index contributed by atoms with van der Waals surface area (Å²) in [4.78, 5) is 74.1. The quantitative estimate of drug-likeness (QED) is 0.146. The van der Waals surface area contributed by atoms with Gasteiger partial charge >= 0.3 is 36.3 Å². The third-order valence-corrected chi connectivity index (χ3v) is 5.77. The number of hydrogen-bond donors (Lipinski definition) is 2. The van der Waals surface area contributed by atoms with Crippen LogP contribution in [0.3, 0.4) is 0 Å². The third-order valence-electron chi connectivity index (χ3n) is 5.77. The highest BCUT2D eigenvalue weighted by Gasteiger charge is 2.21. The fourth-order valence-electron chi connectivity index (χ4n) is 3.47. The summed E-state index contributed by atoms with van der Waals surface area (Å²) in [6.45, 7) is 0.846. The molecule has 2 aromatic carbocycles. The number of nitrogens with one attached hydrogen (secondary N) is 2. The molecule has 250 valence electrons. The number of esters is 2. The Morgan fingerprint density at radius 1 is 0.522 bits per heavy atom. The maximum Gasteiger partial charge on any atom is 0.410 e.